The summed E-state index contributed by atoms with van der Waals surface area (Å²) >= 11 is 0. The second-order valence-electron chi connectivity index (χ2n) is 5.09. The van der Waals surface area contributed by atoms with Crippen LogP contribution in [0.4, 0.5) is 39.5 Å². The maximum atomic E-state index is 12.4. The quantitative estimate of drug-likeness (QED) is 0.210. The predicted molar refractivity (Wildman–Crippen MR) is 68.3 cm³/mol. The van der Waals surface area contributed by atoms with E-state index in [0.29, 0.717) is 0 Å². The Bertz CT molecular complexity index is 605. The first-order valence-corrected chi connectivity index (χ1v) is 6.76. The molecular weight excluding hydrogens is 423 g/mol. The van der Waals surface area contributed by atoms with Crippen molar-refractivity contribution in [1.82, 2.24) is 0 Å². The second kappa shape index (κ2) is 8.68. The molecule has 28 heavy (non-hydrogen) atoms. The molecule has 0 aromatic rings. The summed E-state index contributed by atoms with van der Waals surface area (Å²) in [5, 5.41) is 0. The molecule has 0 amide bonds. The molecule has 0 radical (unpaired) electrons. The van der Waals surface area contributed by atoms with E-state index in [1.54, 1.807) is 0 Å². The summed E-state index contributed by atoms with van der Waals surface area (Å²) in [5.41, 5.74) is -0.599. The molecule has 0 N–H and O–H groups in total. The number of esters is 3. The molecule has 0 aliphatic heterocycles. The molecule has 0 spiro atoms. The van der Waals surface area contributed by atoms with Crippen LogP contribution in [-0.2, 0) is 28.6 Å². The zero-order valence-electron chi connectivity index (χ0n) is 13.8. The maximum absolute atomic E-state index is 12.4. The standard InChI is InChI=1S/C13H11F9O6/c1-4(2)7(23)27-6(8(24)26-5(3)11(14,15)16)9(25)28-10(12(17,18)19)13(20,21)22/h5-6,10H,1H2,2-3H3. The van der Waals surface area contributed by atoms with E-state index in [4.69, 9.17) is 0 Å². The smallest absolute Gasteiger partial charge is 0.434 e. The van der Waals surface area contributed by atoms with Gasteiger partial charge in [-0.15, -0.1) is 0 Å². The summed E-state index contributed by atoms with van der Waals surface area (Å²) in [6, 6.07) is 0. The summed E-state index contributed by atoms with van der Waals surface area (Å²) in [4.78, 5) is 34.5. The number of carbonyl (C=O) groups is 3. The number of ether oxygens (including phenoxy) is 3. The normalized spacial score (nSPS) is 14.9. The van der Waals surface area contributed by atoms with Crippen molar-refractivity contribution in [3.8, 4) is 0 Å². The minimum absolute atomic E-state index is 0.231. The van der Waals surface area contributed by atoms with Crippen molar-refractivity contribution in [3.63, 3.8) is 0 Å². The minimum atomic E-state index is -6.19. The minimum Gasteiger partial charge on any atom is -0.450 e. The van der Waals surface area contributed by atoms with E-state index in [1.165, 1.54) is 0 Å². The summed E-state index contributed by atoms with van der Waals surface area (Å²) in [6.45, 7) is 4.07. The topological polar surface area (TPSA) is 78.9 Å². The highest BCUT2D eigenvalue weighted by molar-refractivity contribution is 6.01. The number of alkyl halides is 9. The summed E-state index contributed by atoms with van der Waals surface area (Å²) in [5.74, 6) is -6.87. The Kier molecular flexibility index (Phi) is 7.92. The molecule has 0 fully saturated rings. The second-order valence-corrected chi connectivity index (χ2v) is 5.09. The Morgan fingerprint density at radius 2 is 1.14 bits per heavy atom. The molecule has 0 saturated carbocycles. The third kappa shape index (κ3) is 7.64. The first kappa shape index (κ1) is 25.5. The van der Waals surface area contributed by atoms with E-state index >= 15 is 0 Å². The highest BCUT2D eigenvalue weighted by Crippen LogP contribution is 2.36. The third-order valence-corrected chi connectivity index (χ3v) is 2.58. The lowest BCUT2D eigenvalue weighted by Gasteiger charge is -2.25. The van der Waals surface area contributed by atoms with E-state index in [1.807, 2.05) is 0 Å². The van der Waals surface area contributed by atoms with Crippen LogP contribution in [-0.4, -0.2) is 54.7 Å². The van der Waals surface area contributed by atoms with Crippen molar-refractivity contribution in [1.29, 1.82) is 0 Å². The first-order chi connectivity index (χ1) is 12.3. The highest BCUT2D eigenvalue weighted by Gasteiger charge is 2.61. The van der Waals surface area contributed by atoms with E-state index < -0.39 is 60.3 Å². The van der Waals surface area contributed by atoms with Gasteiger partial charge in [-0.2, -0.15) is 39.5 Å². The van der Waals surface area contributed by atoms with Crippen LogP contribution in [0.3, 0.4) is 0 Å². The lowest BCUT2D eigenvalue weighted by molar-refractivity contribution is -0.315. The highest BCUT2D eigenvalue weighted by atomic mass is 19.4. The molecule has 0 aliphatic carbocycles. The van der Waals surface area contributed by atoms with Crippen molar-refractivity contribution in [2.75, 3.05) is 0 Å². The molecule has 0 aromatic carbocycles. The van der Waals surface area contributed by atoms with Crippen LogP contribution in [0.15, 0.2) is 12.2 Å². The monoisotopic (exact) mass is 434 g/mol. The van der Waals surface area contributed by atoms with Crippen LogP contribution in [0.5, 0.6) is 0 Å². The number of rotatable bonds is 6. The largest absolute Gasteiger partial charge is 0.450 e. The van der Waals surface area contributed by atoms with Crippen LogP contribution in [0.1, 0.15) is 13.8 Å². The van der Waals surface area contributed by atoms with Crippen LogP contribution >= 0.6 is 0 Å². The molecule has 2 atom stereocenters. The van der Waals surface area contributed by atoms with Crippen molar-refractivity contribution in [3.05, 3.63) is 12.2 Å². The Balaban J connectivity index is 5.72. The van der Waals surface area contributed by atoms with Gasteiger partial charge in [0.25, 0.3) is 12.2 Å². The van der Waals surface area contributed by atoms with Gasteiger partial charge in [-0.05, 0) is 13.8 Å². The van der Waals surface area contributed by atoms with E-state index in [2.05, 4.69) is 20.8 Å². The Morgan fingerprint density at radius 1 is 0.750 bits per heavy atom. The van der Waals surface area contributed by atoms with Gasteiger partial charge >= 0.3 is 36.4 Å². The first-order valence-electron chi connectivity index (χ1n) is 6.76. The van der Waals surface area contributed by atoms with Gasteiger partial charge in [0, 0.05) is 5.57 Å². The van der Waals surface area contributed by atoms with Gasteiger partial charge in [-0.3, -0.25) is 0 Å². The SMILES string of the molecule is C=C(C)C(=O)OC(C(=O)OC(C)C(F)(F)F)C(=O)OC(C(F)(F)F)C(F)(F)F. The van der Waals surface area contributed by atoms with Gasteiger partial charge in [0.2, 0.25) is 0 Å². The fraction of sp³-hybridized carbons (Fsp3) is 0.615. The molecule has 0 heterocycles. The maximum Gasteiger partial charge on any atom is 0.434 e. The van der Waals surface area contributed by atoms with Gasteiger partial charge in [0.1, 0.15) is 0 Å². The van der Waals surface area contributed by atoms with E-state index in [0.717, 1.165) is 6.92 Å². The van der Waals surface area contributed by atoms with Gasteiger partial charge in [0.05, 0.1) is 0 Å². The van der Waals surface area contributed by atoms with Crippen LogP contribution in [0.2, 0.25) is 0 Å². The molecule has 0 rings (SSSR count). The molecule has 6 nitrogen and oxygen atoms in total. The van der Waals surface area contributed by atoms with Gasteiger partial charge in [-0.25, -0.2) is 14.4 Å². The summed E-state index contributed by atoms with van der Waals surface area (Å²) in [6.07, 6.45) is -28.6. The molecular formula is C13H11F9O6. The summed E-state index contributed by atoms with van der Waals surface area (Å²) in [7, 11) is 0. The van der Waals surface area contributed by atoms with E-state index in [9.17, 15) is 53.9 Å². The fourth-order valence-corrected chi connectivity index (χ4v) is 1.20. The predicted octanol–water partition coefficient (Wildman–Crippen LogP) is 3.00. The molecule has 0 aliphatic rings. The van der Waals surface area contributed by atoms with Gasteiger partial charge in [0.15, 0.2) is 6.10 Å². The van der Waals surface area contributed by atoms with Crippen molar-refractivity contribution in [2.24, 2.45) is 0 Å². The molecule has 162 valence electrons. The third-order valence-electron chi connectivity index (χ3n) is 2.58. The zero-order valence-corrected chi connectivity index (χ0v) is 13.8. The molecule has 0 saturated heterocycles. The van der Waals surface area contributed by atoms with Crippen molar-refractivity contribution >= 4 is 17.9 Å². The van der Waals surface area contributed by atoms with Crippen molar-refractivity contribution < 1.29 is 68.1 Å². The molecule has 0 aromatic heterocycles. The van der Waals surface area contributed by atoms with E-state index in [-0.39, 0.29) is 6.92 Å². The number of hydrogen-bond acceptors (Lipinski definition) is 6. The Labute approximate surface area is 150 Å². The number of halogens is 9. The average Bonchev–Trinajstić information content (AvgIpc) is 2.45. The lowest BCUT2D eigenvalue weighted by Crippen LogP contribution is -2.49. The van der Waals surface area contributed by atoms with Crippen molar-refractivity contribution in [2.45, 2.75) is 50.7 Å². The lowest BCUT2D eigenvalue weighted by atomic mass is 10.3. The summed E-state index contributed by atoms with van der Waals surface area (Å²) < 4.78 is 122. The molecule has 2 unspecified atom stereocenters. The fourth-order valence-electron chi connectivity index (χ4n) is 1.20. The van der Waals surface area contributed by atoms with Gasteiger partial charge < -0.3 is 14.2 Å². The number of hydrogen-bond donors (Lipinski definition) is 0. The molecule has 0 bridgehead atoms. The Morgan fingerprint density at radius 3 is 1.46 bits per heavy atom. The van der Waals surface area contributed by atoms with Crippen LogP contribution < -0.4 is 0 Å². The average molecular weight is 434 g/mol. The van der Waals surface area contributed by atoms with Gasteiger partial charge in [-0.1, -0.05) is 6.58 Å². The van der Waals surface area contributed by atoms with Crippen LogP contribution in [0.25, 0.3) is 0 Å². The Hall–Kier alpha value is -2.48. The molecule has 15 heteroatoms. The zero-order chi connectivity index (χ0) is 22.7. The van der Waals surface area contributed by atoms with Crippen LogP contribution in [0, 0.1) is 0 Å². The number of carbonyl (C=O) groups excluding carboxylic acids is 3.